The van der Waals surface area contributed by atoms with Gasteiger partial charge in [0.1, 0.15) is 0 Å². The van der Waals surface area contributed by atoms with Gasteiger partial charge in [-0.2, -0.15) is 0 Å². The van der Waals surface area contributed by atoms with Crippen LogP contribution in [0.4, 0.5) is 22.7 Å². The molecule has 4 unspecified atom stereocenters. The minimum Gasteiger partial charge on any atom is -0.279 e. The quantitative estimate of drug-likeness (QED) is 0.112. The molecular formula is C84H30N2O2. The molecule has 2 amide bonds. The maximum Gasteiger partial charge on any atom is 0.240 e. The summed E-state index contributed by atoms with van der Waals surface area (Å²) in [7, 11) is 0. The molecule has 4 atom stereocenters. The molecule has 4 heteroatoms. The number of hydrogen-bond donors (Lipinski definition) is 0. The molecule has 0 N–H and O–H groups in total. The van der Waals surface area contributed by atoms with Crippen LogP contribution in [0.25, 0.3) is 269 Å². The van der Waals surface area contributed by atoms with Gasteiger partial charge < -0.3 is 0 Å². The highest BCUT2D eigenvalue weighted by Crippen LogP contribution is 2.81. The van der Waals surface area contributed by atoms with Crippen molar-refractivity contribution < 1.29 is 9.59 Å². The molecule has 0 fully saturated rings. The van der Waals surface area contributed by atoms with Crippen LogP contribution in [0, 0.1) is 0 Å². The molecule has 28 aromatic rings. The maximum atomic E-state index is 18.6. The summed E-state index contributed by atoms with van der Waals surface area (Å²) < 4.78 is 0. The third-order valence-corrected chi connectivity index (χ3v) is 28.8. The Labute approximate surface area is 489 Å². The highest BCUT2D eigenvalue weighted by Gasteiger charge is 2.59. The number of rotatable bonds is 0. The Bertz CT molecular complexity index is 7980. The van der Waals surface area contributed by atoms with E-state index in [1.807, 2.05) is 0 Å². The van der Waals surface area contributed by atoms with Gasteiger partial charge in [-0.1, -0.05) is 78.0 Å². The van der Waals surface area contributed by atoms with Crippen LogP contribution in [0.5, 0.6) is 0 Å². The van der Waals surface area contributed by atoms with Crippen LogP contribution in [0.15, 0.2) is 48.6 Å². The molecule has 2 aliphatic carbocycles. The second-order valence-electron chi connectivity index (χ2n) is 32.8. The third kappa shape index (κ3) is 2.44. The Hall–Kier alpha value is -10.2. The van der Waals surface area contributed by atoms with E-state index in [9.17, 15) is 0 Å². The second-order valence-corrected chi connectivity index (χ2v) is 32.8. The Kier molecular flexibility index (Phi) is 3.89. The van der Waals surface area contributed by atoms with Crippen LogP contribution in [0.1, 0.15) is 110 Å². The van der Waals surface area contributed by atoms with Crippen LogP contribution >= 0.6 is 0 Å². The predicted molar refractivity (Wildman–Crippen MR) is 367 cm³/mol. The van der Waals surface area contributed by atoms with E-state index in [2.05, 4.69) is 99.9 Å². The zero-order valence-corrected chi connectivity index (χ0v) is 47.6. The van der Waals surface area contributed by atoms with E-state index in [1.54, 1.807) is 32.3 Å². The van der Waals surface area contributed by atoms with Gasteiger partial charge >= 0.3 is 0 Å². The number of allylic oxidation sites excluding steroid dienone is 2. The largest absolute Gasteiger partial charge is 0.279 e. The molecular weight excluding hydrogens is 1070 g/mol. The Morgan fingerprint density at radius 2 is 0.477 bits per heavy atom. The topological polar surface area (TPSA) is 40.6 Å². The van der Waals surface area contributed by atoms with Crippen molar-refractivity contribution in [3.05, 3.63) is 93.1 Å². The highest BCUT2D eigenvalue weighted by molar-refractivity contribution is 6.81. The monoisotopic (exact) mass is 1100 g/mol. The lowest BCUT2D eigenvalue weighted by molar-refractivity contribution is -0.125. The molecule has 388 valence electrons. The van der Waals surface area contributed by atoms with E-state index >= 15 is 9.59 Å². The van der Waals surface area contributed by atoms with Crippen molar-refractivity contribution in [2.75, 3.05) is 9.80 Å². The smallest absolute Gasteiger partial charge is 0.240 e. The van der Waals surface area contributed by atoms with E-state index in [-0.39, 0.29) is 34.5 Å². The Morgan fingerprint density at radius 3 is 0.727 bits per heavy atom. The normalized spacial score (nSPS) is 21.5. The fourth-order valence-electron chi connectivity index (χ4n) is 27.0. The van der Waals surface area contributed by atoms with Crippen LogP contribution < -0.4 is 9.80 Å². The summed E-state index contributed by atoms with van der Waals surface area (Å²) in [6.07, 6.45) is 5.19. The molecule has 0 saturated heterocycles. The molecule has 0 spiro atoms. The number of hydrogen-bond acceptors (Lipinski definition) is 2. The van der Waals surface area contributed by atoms with Gasteiger partial charge in [0.05, 0.1) is 34.6 Å². The number of nitrogens with zero attached hydrogens (tertiary/aromatic N) is 2. The fourth-order valence-corrected chi connectivity index (χ4v) is 27.0. The molecule has 4 nitrogen and oxygen atoms in total. The first-order chi connectivity index (χ1) is 43.0. The molecule has 88 heavy (non-hydrogen) atoms. The maximum absolute atomic E-state index is 18.6. The molecule has 0 aromatic heterocycles. The van der Waals surface area contributed by atoms with Gasteiger partial charge in [-0.3, -0.25) is 19.4 Å². The number of amides is 2. The molecule has 0 bridgehead atoms. The van der Waals surface area contributed by atoms with E-state index < -0.39 is 11.8 Å². The van der Waals surface area contributed by atoms with E-state index in [1.165, 1.54) is 270 Å². The van der Waals surface area contributed by atoms with Crippen molar-refractivity contribution in [2.45, 2.75) is 76.0 Å². The summed E-state index contributed by atoms with van der Waals surface area (Å²) in [6.45, 7) is 14.1. The van der Waals surface area contributed by atoms with Crippen LogP contribution in [0.2, 0.25) is 0 Å². The van der Waals surface area contributed by atoms with Gasteiger partial charge in [0.15, 0.2) is 0 Å². The number of carbonyl (C=O) groups excluding carboxylic acids is 2. The minimum absolute atomic E-state index is 0.0729. The fraction of sp³-hybridized carbons (Fsp3) is 0.143. The summed E-state index contributed by atoms with van der Waals surface area (Å²) in [5, 5.41) is 72.4. The molecule has 4 aliphatic heterocycles. The van der Waals surface area contributed by atoms with E-state index in [0.717, 1.165) is 33.9 Å². The number of carbonyl (C=O) groups is 2. The summed E-state index contributed by atoms with van der Waals surface area (Å²) in [5.74, 6) is -1.76. The third-order valence-electron chi connectivity index (χ3n) is 28.8. The zero-order chi connectivity index (χ0) is 55.1. The summed E-state index contributed by atoms with van der Waals surface area (Å²) >= 11 is 0. The van der Waals surface area contributed by atoms with Crippen molar-refractivity contribution in [3.8, 4) is 0 Å². The Balaban J connectivity index is 1.07. The Morgan fingerprint density at radius 1 is 0.261 bits per heavy atom. The predicted octanol–water partition coefficient (Wildman–Crippen LogP) is 22.1. The first kappa shape index (κ1) is 37.4. The first-order valence-corrected chi connectivity index (χ1v) is 32.6. The van der Waals surface area contributed by atoms with Crippen molar-refractivity contribution in [3.63, 3.8) is 0 Å². The van der Waals surface area contributed by atoms with Gasteiger partial charge in [-0.15, -0.1) is 0 Å². The van der Waals surface area contributed by atoms with Gasteiger partial charge in [0, 0.05) is 184 Å². The second kappa shape index (κ2) is 9.14. The van der Waals surface area contributed by atoms with Crippen molar-refractivity contribution in [2.24, 2.45) is 0 Å². The molecule has 28 aromatic carbocycles. The SMILES string of the molecule is CC(C)(C)c1ccc2c(c1)N1C(=O)C3c4c5c6c7c8c9c%10c%11c%12c(c%13c%14c1c1c4c4c%15c5c5c7c7c8c8c%10c%10c%16c%11c%13c%11c%13c%14c%14c1c4c1c4c%15c5c5c7c7c8c%10c8c(c%11%16)c%10c%13c%14c1c1c4c5c7c8c%101)C2C=CC%12c1ccc(C(C)(C)C)cc1N9C(=O)C63. The van der Waals surface area contributed by atoms with Gasteiger partial charge in [0.25, 0.3) is 0 Å². The number of fused-ring (bicyclic) bond motifs is 7. The average molecular weight is 1100 g/mol. The lowest BCUT2D eigenvalue weighted by Gasteiger charge is -2.41. The lowest BCUT2D eigenvalue weighted by Crippen LogP contribution is -2.40. The van der Waals surface area contributed by atoms with Crippen molar-refractivity contribution in [1.29, 1.82) is 0 Å². The standard InChI is InChI=1S/C84H30N2O2/c1-83(2,3)15-7-9-17-19-11-12-20-18-10-8-16(84(4,5)6)14-22(18)86-80-74-26-24(20)23(19)25-27-28(26)30-31-29(27)56-49-39-32(31)40-34-33(39)37-35-36-38(34)46-48-42(36)44-43-41(35)47-45(37)53(49)62-65(56)73(25)79-75-67(62)58(47)60-51(43)55-52(44)61-59(48)68(63-54(46)50(40)57(30)66(63)74)76(80)70(61)72-64(55)71(69(60)75)77(78(72)82(86)88)81(87)85(79)21(17)13-15/h7-14,19-20,77-78H,1-6H3. The molecule has 34 rings (SSSR count). The average Bonchev–Trinajstić information content (AvgIpc) is 1.40. The molecule has 0 radical (unpaired) electrons. The number of anilines is 4. The van der Waals surface area contributed by atoms with Crippen molar-refractivity contribution >= 4 is 304 Å². The molecule has 4 heterocycles. The highest BCUT2D eigenvalue weighted by atomic mass is 16.2. The van der Waals surface area contributed by atoms with Crippen LogP contribution in [-0.2, 0) is 20.4 Å². The summed E-state index contributed by atoms with van der Waals surface area (Å²) in [5.41, 5.74) is 13.8. The van der Waals surface area contributed by atoms with Crippen LogP contribution in [-0.4, -0.2) is 11.8 Å². The van der Waals surface area contributed by atoms with Crippen molar-refractivity contribution in [1.82, 2.24) is 0 Å². The van der Waals surface area contributed by atoms with Gasteiger partial charge in [-0.05, 0) is 164 Å². The number of benzene rings is 19. The van der Waals surface area contributed by atoms with E-state index in [0.29, 0.717) is 0 Å². The van der Waals surface area contributed by atoms with Gasteiger partial charge in [-0.25, -0.2) is 0 Å². The lowest BCUT2D eigenvalue weighted by atomic mass is 9.68. The summed E-state index contributed by atoms with van der Waals surface area (Å²) in [6, 6.07) is 14.7. The first-order valence-electron chi connectivity index (χ1n) is 32.6. The molecule has 6 aliphatic rings. The van der Waals surface area contributed by atoms with Crippen LogP contribution in [0.3, 0.4) is 0 Å². The minimum atomic E-state index is -0.788. The zero-order valence-electron chi connectivity index (χ0n) is 47.6. The van der Waals surface area contributed by atoms with E-state index in [4.69, 9.17) is 0 Å². The van der Waals surface area contributed by atoms with Gasteiger partial charge in [0.2, 0.25) is 11.8 Å². The molecule has 0 saturated carbocycles. The summed E-state index contributed by atoms with van der Waals surface area (Å²) in [4.78, 5) is 42.0.